The molecule has 0 heterocycles. The minimum absolute atomic E-state index is 0.00109. The van der Waals surface area contributed by atoms with Gasteiger partial charge in [-0.25, -0.2) is 4.79 Å². The molecular formula is C13H23N3O4. The van der Waals surface area contributed by atoms with E-state index in [0.717, 1.165) is 25.7 Å². The molecule has 1 fully saturated rings. The van der Waals surface area contributed by atoms with Gasteiger partial charge in [0, 0.05) is 19.5 Å². The lowest BCUT2D eigenvalue weighted by molar-refractivity contribution is -0.152. The van der Waals surface area contributed by atoms with Crippen LogP contribution in [0.4, 0.5) is 4.79 Å². The van der Waals surface area contributed by atoms with Crippen LogP contribution in [0.2, 0.25) is 0 Å². The molecule has 1 aliphatic rings. The summed E-state index contributed by atoms with van der Waals surface area (Å²) in [4.78, 5) is 33.8. The first kappa shape index (κ1) is 16.3. The fourth-order valence-electron chi connectivity index (χ4n) is 2.63. The highest BCUT2D eigenvalue weighted by molar-refractivity contribution is 5.85. The Hall–Kier alpha value is -1.79. The van der Waals surface area contributed by atoms with Crippen molar-refractivity contribution >= 4 is 17.9 Å². The summed E-state index contributed by atoms with van der Waals surface area (Å²) in [5.74, 6) is -1.18. The molecular weight excluding hydrogens is 262 g/mol. The number of amides is 3. The largest absolute Gasteiger partial charge is 0.481 e. The number of nitrogens with one attached hydrogen (secondary N) is 2. The van der Waals surface area contributed by atoms with Crippen molar-refractivity contribution in [3.63, 3.8) is 0 Å². The van der Waals surface area contributed by atoms with Crippen LogP contribution in [0, 0.1) is 5.41 Å². The van der Waals surface area contributed by atoms with Crippen LogP contribution >= 0.6 is 0 Å². The Bertz CT molecular complexity index is 363. The molecule has 0 atom stereocenters. The van der Waals surface area contributed by atoms with Crippen LogP contribution in [0.3, 0.4) is 0 Å². The number of aliphatic carboxylic acids is 1. The monoisotopic (exact) mass is 285 g/mol. The lowest BCUT2D eigenvalue weighted by atomic mass is 9.77. The van der Waals surface area contributed by atoms with Crippen LogP contribution in [0.5, 0.6) is 0 Å². The lowest BCUT2D eigenvalue weighted by Gasteiger charge is -2.27. The quantitative estimate of drug-likeness (QED) is 0.421. The molecule has 0 aromatic heterocycles. The zero-order valence-electron chi connectivity index (χ0n) is 11.6. The number of rotatable bonds is 6. The second-order valence-corrected chi connectivity index (χ2v) is 5.32. The lowest BCUT2D eigenvalue weighted by Crippen LogP contribution is -2.41. The summed E-state index contributed by atoms with van der Waals surface area (Å²) in [6, 6.07) is -0.648. The van der Waals surface area contributed by atoms with E-state index in [1.165, 1.54) is 0 Å². The molecule has 0 radical (unpaired) electrons. The van der Waals surface area contributed by atoms with Gasteiger partial charge in [-0.2, -0.15) is 0 Å². The highest BCUT2D eigenvalue weighted by Crippen LogP contribution is 2.38. The van der Waals surface area contributed by atoms with Gasteiger partial charge in [-0.15, -0.1) is 0 Å². The predicted octanol–water partition coefficient (Wildman–Crippen LogP) is 0.586. The van der Waals surface area contributed by atoms with Crippen molar-refractivity contribution < 1.29 is 19.5 Å². The van der Waals surface area contributed by atoms with Crippen molar-refractivity contribution in [2.45, 2.75) is 44.9 Å². The predicted molar refractivity (Wildman–Crippen MR) is 73.0 cm³/mol. The van der Waals surface area contributed by atoms with Gasteiger partial charge >= 0.3 is 12.0 Å². The molecule has 0 spiro atoms. The topological polar surface area (TPSA) is 122 Å². The Labute approximate surface area is 118 Å². The molecule has 0 saturated heterocycles. The van der Waals surface area contributed by atoms with Gasteiger partial charge < -0.3 is 21.5 Å². The zero-order valence-corrected chi connectivity index (χ0v) is 11.6. The van der Waals surface area contributed by atoms with Crippen molar-refractivity contribution in [3.05, 3.63) is 0 Å². The van der Waals surface area contributed by atoms with Gasteiger partial charge in [0.15, 0.2) is 0 Å². The van der Waals surface area contributed by atoms with E-state index in [-0.39, 0.29) is 25.4 Å². The maximum absolute atomic E-state index is 11.9. The SMILES string of the molecule is NC(=O)NCCNC(=O)CC1(C(=O)O)CCCCCC1. The molecule has 5 N–H and O–H groups in total. The van der Waals surface area contributed by atoms with Crippen LogP contribution in [-0.2, 0) is 9.59 Å². The van der Waals surface area contributed by atoms with Crippen molar-refractivity contribution in [2.75, 3.05) is 13.1 Å². The molecule has 0 bridgehead atoms. The zero-order chi connectivity index (χ0) is 15.0. The van der Waals surface area contributed by atoms with Gasteiger partial charge in [0.2, 0.25) is 5.91 Å². The molecule has 1 saturated carbocycles. The minimum Gasteiger partial charge on any atom is -0.481 e. The normalized spacial score (nSPS) is 17.8. The fraction of sp³-hybridized carbons (Fsp3) is 0.769. The first-order valence-corrected chi connectivity index (χ1v) is 7.00. The number of carboxylic acid groups (broad SMARTS) is 1. The summed E-state index contributed by atoms with van der Waals surface area (Å²) in [7, 11) is 0. The van der Waals surface area contributed by atoms with E-state index in [2.05, 4.69) is 10.6 Å². The third-order valence-corrected chi connectivity index (χ3v) is 3.76. The number of carbonyl (C=O) groups excluding carboxylic acids is 2. The second-order valence-electron chi connectivity index (χ2n) is 5.32. The molecule has 7 nitrogen and oxygen atoms in total. The molecule has 20 heavy (non-hydrogen) atoms. The van der Waals surface area contributed by atoms with E-state index in [1.807, 2.05) is 0 Å². The number of hydrogen-bond acceptors (Lipinski definition) is 3. The maximum atomic E-state index is 11.9. The fourth-order valence-corrected chi connectivity index (χ4v) is 2.63. The number of primary amides is 1. The molecule has 0 aliphatic heterocycles. The average molecular weight is 285 g/mol. The number of carboxylic acids is 1. The average Bonchev–Trinajstić information content (AvgIpc) is 2.61. The molecule has 114 valence electrons. The summed E-state index contributed by atoms with van der Waals surface area (Å²) in [5, 5.41) is 14.4. The number of hydrogen-bond donors (Lipinski definition) is 4. The van der Waals surface area contributed by atoms with E-state index in [0.29, 0.717) is 12.8 Å². The van der Waals surface area contributed by atoms with Crippen molar-refractivity contribution in [1.29, 1.82) is 0 Å². The molecule has 1 aliphatic carbocycles. The van der Waals surface area contributed by atoms with E-state index < -0.39 is 17.4 Å². The van der Waals surface area contributed by atoms with E-state index >= 15 is 0 Å². The van der Waals surface area contributed by atoms with Gasteiger partial charge in [-0.1, -0.05) is 25.7 Å². The molecule has 0 aromatic carbocycles. The third kappa shape index (κ3) is 5.07. The Morgan fingerprint density at radius 1 is 1.00 bits per heavy atom. The molecule has 1 rings (SSSR count). The summed E-state index contributed by atoms with van der Waals surface area (Å²) < 4.78 is 0. The van der Waals surface area contributed by atoms with Crippen LogP contribution in [0.25, 0.3) is 0 Å². The first-order valence-electron chi connectivity index (χ1n) is 7.00. The first-order chi connectivity index (χ1) is 9.46. The summed E-state index contributed by atoms with van der Waals surface area (Å²) in [5.41, 5.74) is 3.96. The molecule has 0 unspecified atom stereocenters. The Balaban J connectivity index is 2.46. The molecule has 7 heteroatoms. The maximum Gasteiger partial charge on any atom is 0.312 e. The second kappa shape index (κ2) is 7.72. The van der Waals surface area contributed by atoms with Crippen LogP contribution < -0.4 is 16.4 Å². The Kier molecular flexibility index (Phi) is 6.27. The number of carbonyl (C=O) groups is 3. The van der Waals surface area contributed by atoms with Gasteiger partial charge in [-0.3, -0.25) is 9.59 Å². The number of urea groups is 1. The third-order valence-electron chi connectivity index (χ3n) is 3.76. The van der Waals surface area contributed by atoms with E-state index in [1.54, 1.807) is 0 Å². The van der Waals surface area contributed by atoms with Crippen LogP contribution in [0.15, 0.2) is 0 Å². The summed E-state index contributed by atoms with van der Waals surface area (Å²) in [6.45, 7) is 0.485. The van der Waals surface area contributed by atoms with Gasteiger partial charge in [0.1, 0.15) is 0 Å². The van der Waals surface area contributed by atoms with Crippen molar-refractivity contribution in [2.24, 2.45) is 11.1 Å². The van der Waals surface area contributed by atoms with E-state index in [4.69, 9.17) is 5.73 Å². The van der Waals surface area contributed by atoms with Gasteiger partial charge in [-0.05, 0) is 12.8 Å². The molecule has 0 aromatic rings. The molecule has 3 amide bonds. The van der Waals surface area contributed by atoms with Crippen LogP contribution in [0.1, 0.15) is 44.9 Å². The van der Waals surface area contributed by atoms with Crippen molar-refractivity contribution in [3.8, 4) is 0 Å². The standard InChI is InChI=1S/C13H23N3O4/c14-12(20)16-8-7-15-10(17)9-13(11(18)19)5-3-1-2-4-6-13/h1-9H2,(H,15,17)(H,18,19)(H3,14,16,20). The highest BCUT2D eigenvalue weighted by Gasteiger charge is 2.40. The van der Waals surface area contributed by atoms with Crippen LogP contribution in [-0.4, -0.2) is 36.1 Å². The van der Waals surface area contributed by atoms with Crippen molar-refractivity contribution in [1.82, 2.24) is 10.6 Å². The van der Waals surface area contributed by atoms with E-state index in [9.17, 15) is 19.5 Å². The van der Waals surface area contributed by atoms with Gasteiger partial charge in [0.25, 0.3) is 0 Å². The minimum atomic E-state index is -0.933. The highest BCUT2D eigenvalue weighted by atomic mass is 16.4. The summed E-state index contributed by atoms with van der Waals surface area (Å²) in [6.07, 6.45) is 4.85. The van der Waals surface area contributed by atoms with Gasteiger partial charge in [0.05, 0.1) is 5.41 Å². The number of nitrogens with two attached hydrogens (primary N) is 1. The smallest absolute Gasteiger partial charge is 0.312 e. The Morgan fingerprint density at radius 3 is 2.05 bits per heavy atom. The summed E-state index contributed by atoms with van der Waals surface area (Å²) >= 11 is 0. The Morgan fingerprint density at radius 2 is 1.55 bits per heavy atom.